The molecule has 1 aliphatic heterocycles. The number of Topliss-reactive ketones (excluding diaryl/α,β-unsaturated/α-hetero) is 1. The van der Waals surface area contributed by atoms with Crippen LogP contribution in [0, 0.1) is 17.3 Å². The van der Waals surface area contributed by atoms with Crippen LogP contribution in [0.3, 0.4) is 0 Å². The summed E-state index contributed by atoms with van der Waals surface area (Å²) in [6.45, 7) is 9.65. The molecule has 166 valence electrons. The minimum absolute atomic E-state index is 0.0685. The van der Waals surface area contributed by atoms with Gasteiger partial charge in [-0.2, -0.15) is 4.31 Å². The van der Waals surface area contributed by atoms with E-state index in [1.54, 1.807) is 12.1 Å². The summed E-state index contributed by atoms with van der Waals surface area (Å²) in [5.41, 5.74) is 0.670. The number of carbonyl (C=O) groups is 2. The Bertz CT molecular complexity index is 888. The molecule has 0 radical (unpaired) electrons. The molecule has 0 N–H and O–H groups in total. The molecule has 1 saturated carbocycles. The highest BCUT2D eigenvalue weighted by atomic mass is 32.2. The van der Waals surface area contributed by atoms with E-state index in [4.69, 9.17) is 0 Å². The third-order valence-corrected chi connectivity index (χ3v) is 8.62. The molecule has 6 nitrogen and oxygen atoms in total. The zero-order valence-corrected chi connectivity index (χ0v) is 19.4. The molecule has 1 aliphatic carbocycles. The van der Waals surface area contributed by atoms with Crippen molar-refractivity contribution in [2.75, 3.05) is 26.2 Å². The molecule has 0 unspecified atom stereocenters. The number of rotatable bonds is 4. The van der Waals surface area contributed by atoms with Crippen LogP contribution < -0.4 is 0 Å². The molecule has 1 amide bonds. The monoisotopic (exact) mass is 434 g/mol. The third-order valence-electron chi connectivity index (χ3n) is 6.73. The Morgan fingerprint density at radius 1 is 0.967 bits per heavy atom. The van der Waals surface area contributed by atoms with E-state index in [1.807, 2.05) is 4.90 Å². The van der Waals surface area contributed by atoms with E-state index in [2.05, 4.69) is 20.8 Å². The van der Waals surface area contributed by atoms with Gasteiger partial charge in [0.1, 0.15) is 0 Å². The fourth-order valence-electron chi connectivity index (χ4n) is 4.64. The van der Waals surface area contributed by atoms with E-state index in [-0.39, 0.29) is 41.0 Å². The smallest absolute Gasteiger partial charge is 0.243 e. The topological polar surface area (TPSA) is 74.8 Å². The molecule has 2 aliphatic rings. The first-order valence-electron chi connectivity index (χ1n) is 10.9. The maximum Gasteiger partial charge on any atom is 0.243 e. The van der Waals surface area contributed by atoms with Crippen LogP contribution in [0.2, 0.25) is 0 Å². The van der Waals surface area contributed by atoms with Gasteiger partial charge in [0.05, 0.1) is 4.90 Å². The van der Waals surface area contributed by atoms with Crippen LogP contribution in [0.1, 0.15) is 63.7 Å². The Kier molecular flexibility index (Phi) is 6.72. The van der Waals surface area contributed by atoms with Crippen molar-refractivity contribution in [3.8, 4) is 0 Å². The van der Waals surface area contributed by atoms with Crippen molar-refractivity contribution in [1.29, 1.82) is 0 Å². The highest BCUT2D eigenvalue weighted by Gasteiger charge is 2.36. The number of carbonyl (C=O) groups excluding carboxylic acids is 2. The van der Waals surface area contributed by atoms with Gasteiger partial charge in [0.15, 0.2) is 5.78 Å². The van der Waals surface area contributed by atoms with Crippen LogP contribution in [0.15, 0.2) is 29.2 Å². The number of amides is 1. The van der Waals surface area contributed by atoms with Gasteiger partial charge in [-0.05, 0) is 56.1 Å². The first-order chi connectivity index (χ1) is 14.0. The van der Waals surface area contributed by atoms with Crippen LogP contribution in [0.25, 0.3) is 0 Å². The van der Waals surface area contributed by atoms with E-state index < -0.39 is 10.0 Å². The molecular formula is C23H34N2O4S. The van der Waals surface area contributed by atoms with Gasteiger partial charge < -0.3 is 4.90 Å². The van der Waals surface area contributed by atoms with Crippen molar-refractivity contribution in [1.82, 2.24) is 9.21 Å². The van der Waals surface area contributed by atoms with Gasteiger partial charge in [-0.3, -0.25) is 9.59 Å². The molecule has 0 bridgehead atoms. The van der Waals surface area contributed by atoms with Crippen LogP contribution in [0.4, 0.5) is 0 Å². The Labute approximate surface area is 180 Å². The largest absolute Gasteiger partial charge is 0.340 e. The predicted molar refractivity (Wildman–Crippen MR) is 117 cm³/mol. The number of hydrogen-bond donors (Lipinski definition) is 0. The number of sulfonamides is 1. The van der Waals surface area contributed by atoms with E-state index >= 15 is 0 Å². The van der Waals surface area contributed by atoms with Crippen LogP contribution in [0.5, 0.6) is 0 Å². The molecule has 0 spiro atoms. The molecule has 3 rings (SSSR count). The molecule has 0 atom stereocenters. The molecule has 1 aromatic rings. The molecule has 7 heteroatoms. The maximum atomic E-state index is 13.0. The minimum atomic E-state index is -3.67. The summed E-state index contributed by atoms with van der Waals surface area (Å²) < 4.78 is 27.4. The lowest BCUT2D eigenvalue weighted by Crippen LogP contribution is -2.52. The fourth-order valence-corrected chi connectivity index (χ4v) is 6.11. The van der Waals surface area contributed by atoms with E-state index in [1.165, 1.54) is 23.4 Å². The van der Waals surface area contributed by atoms with Gasteiger partial charge in [-0.25, -0.2) is 8.42 Å². The Balaban J connectivity index is 1.59. The summed E-state index contributed by atoms with van der Waals surface area (Å²) in [6, 6.07) is 6.17. The Morgan fingerprint density at radius 2 is 1.57 bits per heavy atom. The van der Waals surface area contributed by atoms with Crippen molar-refractivity contribution in [2.45, 2.75) is 58.3 Å². The zero-order chi connectivity index (χ0) is 22.1. The van der Waals surface area contributed by atoms with Gasteiger partial charge >= 0.3 is 0 Å². The summed E-state index contributed by atoms with van der Waals surface area (Å²) in [4.78, 5) is 26.5. The Hall–Kier alpha value is -1.73. The molecule has 1 saturated heterocycles. The molecule has 2 fully saturated rings. The second kappa shape index (κ2) is 8.79. The van der Waals surface area contributed by atoms with Crippen molar-refractivity contribution in [2.24, 2.45) is 17.3 Å². The maximum absolute atomic E-state index is 13.0. The summed E-state index contributed by atoms with van der Waals surface area (Å²) in [5.74, 6) is 0.745. The summed E-state index contributed by atoms with van der Waals surface area (Å²) in [5, 5.41) is 0. The molecule has 1 heterocycles. The minimum Gasteiger partial charge on any atom is -0.340 e. The fraction of sp³-hybridized carbons (Fsp3) is 0.652. The van der Waals surface area contributed by atoms with Gasteiger partial charge in [-0.15, -0.1) is 0 Å². The second-order valence-electron chi connectivity index (χ2n) is 9.73. The molecule has 1 aromatic carbocycles. The van der Waals surface area contributed by atoms with Gasteiger partial charge in [0.25, 0.3) is 0 Å². The predicted octanol–water partition coefficient (Wildman–Crippen LogP) is 3.57. The standard InChI is InChI=1S/C23H34N2O4S/c1-17(26)19-6-5-7-21(16-19)30(28,29)25-14-12-24(13-15-25)22(27)18-8-10-20(11-9-18)23(2,3)4/h5-7,16,18,20H,8-15H2,1-4H3. The van der Waals surface area contributed by atoms with E-state index in [0.29, 0.717) is 24.6 Å². The van der Waals surface area contributed by atoms with Crippen molar-refractivity contribution >= 4 is 21.7 Å². The summed E-state index contributed by atoms with van der Waals surface area (Å²) in [7, 11) is -3.67. The van der Waals surface area contributed by atoms with Crippen molar-refractivity contribution in [3.63, 3.8) is 0 Å². The normalized spacial score (nSPS) is 23.9. The van der Waals surface area contributed by atoms with E-state index in [0.717, 1.165) is 25.7 Å². The number of benzene rings is 1. The molecule has 30 heavy (non-hydrogen) atoms. The van der Waals surface area contributed by atoms with Gasteiger partial charge in [0, 0.05) is 37.7 Å². The molecular weight excluding hydrogens is 400 g/mol. The highest BCUT2D eigenvalue weighted by molar-refractivity contribution is 7.89. The Morgan fingerprint density at radius 3 is 2.10 bits per heavy atom. The lowest BCUT2D eigenvalue weighted by Gasteiger charge is -2.39. The second-order valence-corrected chi connectivity index (χ2v) is 11.7. The van der Waals surface area contributed by atoms with Crippen LogP contribution in [-0.2, 0) is 14.8 Å². The lowest BCUT2D eigenvalue weighted by molar-refractivity contribution is -0.138. The average molecular weight is 435 g/mol. The van der Waals surface area contributed by atoms with Crippen molar-refractivity contribution in [3.05, 3.63) is 29.8 Å². The summed E-state index contributed by atoms with van der Waals surface area (Å²) >= 11 is 0. The zero-order valence-electron chi connectivity index (χ0n) is 18.6. The van der Waals surface area contributed by atoms with Crippen LogP contribution >= 0.6 is 0 Å². The molecule has 0 aromatic heterocycles. The van der Waals surface area contributed by atoms with Crippen molar-refractivity contribution < 1.29 is 18.0 Å². The van der Waals surface area contributed by atoms with Crippen LogP contribution in [-0.4, -0.2) is 55.5 Å². The number of ketones is 1. The number of hydrogen-bond acceptors (Lipinski definition) is 4. The van der Waals surface area contributed by atoms with E-state index in [9.17, 15) is 18.0 Å². The summed E-state index contributed by atoms with van der Waals surface area (Å²) in [6.07, 6.45) is 4.02. The SMILES string of the molecule is CC(=O)c1cccc(S(=O)(=O)N2CCN(C(=O)C3CCC(C(C)(C)C)CC3)CC2)c1. The average Bonchev–Trinajstić information content (AvgIpc) is 2.73. The first-order valence-corrected chi connectivity index (χ1v) is 12.3. The van der Waals surface area contributed by atoms with Gasteiger partial charge in [0.2, 0.25) is 15.9 Å². The van der Waals surface area contributed by atoms with Gasteiger partial charge in [-0.1, -0.05) is 32.9 Å². The third kappa shape index (κ3) is 4.94. The quantitative estimate of drug-likeness (QED) is 0.679. The number of nitrogens with zero attached hydrogens (tertiary/aromatic N) is 2. The number of piperazine rings is 1. The highest BCUT2D eigenvalue weighted by Crippen LogP contribution is 2.40. The lowest BCUT2D eigenvalue weighted by atomic mass is 9.69. The first kappa shape index (κ1) is 22.9.